The molecule has 0 N–H and O–H groups in total. The van der Waals surface area contributed by atoms with Crippen molar-refractivity contribution in [2.45, 2.75) is 58.9 Å². The third-order valence-electron chi connectivity index (χ3n) is 3.91. The Kier molecular flexibility index (Phi) is 11.6. The predicted molar refractivity (Wildman–Crippen MR) is 98.5 cm³/mol. The van der Waals surface area contributed by atoms with Gasteiger partial charge in [0.05, 0.1) is 0 Å². The standard InChI is InChI=1S/C17H34O3SSi/c1-4-18-22(19-5-2,20-6-3)16-10-14-21-15-13-17-11-8-7-9-12-17/h7-8,17H,4-6,9-16H2,1-3H3. The quantitative estimate of drug-likeness (QED) is 0.269. The fraction of sp³-hybridized carbons (Fsp3) is 0.882. The highest BCUT2D eigenvalue weighted by Crippen LogP contribution is 2.24. The van der Waals surface area contributed by atoms with Crippen LogP contribution in [0.5, 0.6) is 0 Å². The molecule has 0 fully saturated rings. The first-order valence-electron chi connectivity index (χ1n) is 8.91. The second-order valence-corrected chi connectivity index (χ2v) is 9.59. The van der Waals surface area contributed by atoms with Gasteiger partial charge >= 0.3 is 8.80 Å². The molecule has 0 spiro atoms. The van der Waals surface area contributed by atoms with Crippen LogP contribution in [0.15, 0.2) is 12.2 Å². The van der Waals surface area contributed by atoms with Gasteiger partial charge in [-0.15, -0.1) is 0 Å². The first kappa shape index (κ1) is 20.2. The van der Waals surface area contributed by atoms with E-state index in [2.05, 4.69) is 23.9 Å². The van der Waals surface area contributed by atoms with Crippen LogP contribution in [0.4, 0.5) is 0 Å². The summed E-state index contributed by atoms with van der Waals surface area (Å²) in [7, 11) is -2.41. The summed E-state index contributed by atoms with van der Waals surface area (Å²) in [5.41, 5.74) is 0. The Morgan fingerprint density at radius 1 is 1.00 bits per heavy atom. The normalized spacial score (nSPS) is 18.8. The van der Waals surface area contributed by atoms with E-state index in [1.54, 1.807) is 0 Å². The average molecular weight is 347 g/mol. The van der Waals surface area contributed by atoms with Gasteiger partial charge in [-0.2, -0.15) is 11.8 Å². The Bertz CT molecular complexity index is 283. The molecule has 0 aliphatic heterocycles. The number of hydrogen-bond acceptors (Lipinski definition) is 4. The second kappa shape index (κ2) is 12.6. The lowest BCUT2D eigenvalue weighted by atomic mass is 9.92. The van der Waals surface area contributed by atoms with Gasteiger partial charge in [-0.05, 0) is 70.3 Å². The maximum absolute atomic E-state index is 5.89. The van der Waals surface area contributed by atoms with Gasteiger partial charge in [-0.25, -0.2) is 0 Å². The lowest BCUT2D eigenvalue weighted by molar-refractivity contribution is 0.0712. The second-order valence-electron chi connectivity index (χ2n) is 5.64. The molecule has 1 atom stereocenters. The molecule has 1 aliphatic rings. The van der Waals surface area contributed by atoms with Gasteiger partial charge in [0.25, 0.3) is 0 Å². The van der Waals surface area contributed by atoms with Crippen molar-refractivity contribution in [1.82, 2.24) is 0 Å². The maximum Gasteiger partial charge on any atom is 0.500 e. The van der Waals surface area contributed by atoms with Gasteiger partial charge in [-0.1, -0.05) is 12.2 Å². The first-order valence-corrected chi connectivity index (χ1v) is 12.0. The van der Waals surface area contributed by atoms with Gasteiger partial charge in [0.2, 0.25) is 0 Å². The van der Waals surface area contributed by atoms with Crippen molar-refractivity contribution >= 4 is 20.6 Å². The molecule has 1 rings (SSSR count). The summed E-state index contributed by atoms with van der Waals surface area (Å²) in [6.07, 6.45) is 11.1. The highest BCUT2D eigenvalue weighted by molar-refractivity contribution is 7.99. The molecule has 0 aromatic heterocycles. The van der Waals surface area contributed by atoms with E-state index in [1.165, 1.54) is 37.2 Å². The van der Waals surface area contributed by atoms with Crippen molar-refractivity contribution in [1.29, 1.82) is 0 Å². The molecule has 0 heterocycles. The topological polar surface area (TPSA) is 27.7 Å². The molecule has 0 saturated heterocycles. The van der Waals surface area contributed by atoms with E-state index in [0.717, 1.165) is 18.4 Å². The summed E-state index contributed by atoms with van der Waals surface area (Å²) >= 11 is 2.07. The average Bonchev–Trinajstić information content (AvgIpc) is 2.52. The molecule has 0 radical (unpaired) electrons. The molecule has 3 nitrogen and oxygen atoms in total. The molecule has 0 aromatic rings. The number of allylic oxidation sites excluding steroid dienone is 2. The molecular formula is C17H34O3SSi. The van der Waals surface area contributed by atoms with E-state index in [4.69, 9.17) is 13.3 Å². The zero-order valence-corrected chi connectivity index (χ0v) is 16.5. The molecule has 0 aromatic carbocycles. The summed E-state index contributed by atoms with van der Waals surface area (Å²) in [5.74, 6) is 3.39. The highest BCUT2D eigenvalue weighted by atomic mass is 32.2. The lowest BCUT2D eigenvalue weighted by Crippen LogP contribution is -2.46. The Morgan fingerprint density at radius 2 is 1.68 bits per heavy atom. The van der Waals surface area contributed by atoms with Crippen molar-refractivity contribution < 1.29 is 13.3 Å². The SMILES string of the molecule is CCO[Si](CCCSCCC1CC=CCC1)(OCC)OCC. The van der Waals surface area contributed by atoms with Crippen LogP contribution in [0.1, 0.15) is 52.9 Å². The minimum absolute atomic E-state index is 0.675. The third-order valence-corrected chi connectivity index (χ3v) is 8.17. The van der Waals surface area contributed by atoms with E-state index in [0.29, 0.717) is 19.8 Å². The Morgan fingerprint density at radius 3 is 2.23 bits per heavy atom. The smallest absolute Gasteiger partial charge is 0.374 e. The summed E-state index contributed by atoms with van der Waals surface area (Å²) in [6, 6.07) is 0.946. The fourth-order valence-corrected chi connectivity index (χ4v) is 6.78. The Hall–Kier alpha value is 0.187. The zero-order chi connectivity index (χ0) is 16.1. The largest absolute Gasteiger partial charge is 0.500 e. The number of rotatable bonds is 13. The predicted octanol–water partition coefficient (Wildman–Crippen LogP) is 4.90. The van der Waals surface area contributed by atoms with Crippen LogP contribution in [0.25, 0.3) is 0 Å². The van der Waals surface area contributed by atoms with E-state index in [1.807, 2.05) is 20.8 Å². The molecule has 0 saturated carbocycles. The lowest BCUT2D eigenvalue weighted by Gasteiger charge is -2.28. The summed E-state index contributed by atoms with van der Waals surface area (Å²) < 4.78 is 17.7. The van der Waals surface area contributed by atoms with Crippen LogP contribution in [0, 0.1) is 5.92 Å². The molecule has 0 amide bonds. The van der Waals surface area contributed by atoms with Crippen molar-refractivity contribution in [2.24, 2.45) is 5.92 Å². The molecule has 130 valence electrons. The van der Waals surface area contributed by atoms with Gasteiger partial charge in [0.15, 0.2) is 0 Å². The van der Waals surface area contributed by atoms with Gasteiger partial charge in [0, 0.05) is 25.9 Å². The van der Waals surface area contributed by atoms with Gasteiger partial charge in [-0.3, -0.25) is 0 Å². The molecule has 5 heteroatoms. The van der Waals surface area contributed by atoms with Gasteiger partial charge < -0.3 is 13.3 Å². The van der Waals surface area contributed by atoms with Crippen molar-refractivity contribution in [3.8, 4) is 0 Å². The van der Waals surface area contributed by atoms with E-state index < -0.39 is 8.80 Å². The van der Waals surface area contributed by atoms with Crippen LogP contribution in [-0.2, 0) is 13.3 Å². The summed E-state index contributed by atoms with van der Waals surface area (Å²) in [4.78, 5) is 0. The molecule has 1 aliphatic carbocycles. The van der Waals surface area contributed by atoms with Crippen molar-refractivity contribution in [3.05, 3.63) is 12.2 Å². The molecule has 22 heavy (non-hydrogen) atoms. The monoisotopic (exact) mass is 346 g/mol. The molecule has 1 unspecified atom stereocenters. The van der Waals surface area contributed by atoms with Crippen LogP contribution >= 0.6 is 11.8 Å². The van der Waals surface area contributed by atoms with Crippen LogP contribution < -0.4 is 0 Å². The number of hydrogen-bond donors (Lipinski definition) is 0. The van der Waals surface area contributed by atoms with Crippen molar-refractivity contribution in [3.63, 3.8) is 0 Å². The summed E-state index contributed by atoms with van der Waals surface area (Å²) in [5, 5.41) is 0. The molecular weight excluding hydrogens is 312 g/mol. The Labute approximate surface area is 142 Å². The van der Waals surface area contributed by atoms with E-state index >= 15 is 0 Å². The minimum atomic E-state index is -2.41. The Balaban J connectivity index is 2.17. The summed E-state index contributed by atoms with van der Waals surface area (Å²) in [6.45, 7) is 8.09. The zero-order valence-electron chi connectivity index (χ0n) is 14.6. The van der Waals surface area contributed by atoms with Crippen molar-refractivity contribution in [2.75, 3.05) is 31.3 Å². The highest BCUT2D eigenvalue weighted by Gasteiger charge is 2.39. The fourth-order valence-electron chi connectivity index (χ4n) is 2.86. The van der Waals surface area contributed by atoms with Gasteiger partial charge in [0.1, 0.15) is 0 Å². The molecule has 0 bridgehead atoms. The number of thioether (sulfide) groups is 1. The van der Waals surface area contributed by atoms with Crippen LogP contribution in [-0.4, -0.2) is 40.1 Å². The first-order chi connectivity index (χ1) is 10.8. The third kappa shape index (κ3) is 8.16. The van der Waals surface area contributed by atoms with E-state index in [9.17, 15) is 0 Å². The van der Waals surface area contributed by atoms with Crippen LogP contribution in [0.3, 0.4) is 0 Å². The van der Waals surface area contributed by atoms with Crippen LogP contribution in [0.2, 0.25) is 6.04 Å². The minimum Gasteiger partial charge on any atom is -0.374 e. The van der Waals surface area contributed by atoms with E-state index in [-0.39, 0.29) is 0 Å². The maximum atomic E-state index is 5.89.